The highest BCUT2D eigenvalue weighted by Gasteiger charge is 2.16. The second-order valence-corrected chi connectivity index (χ2v) is 8.15. The average Bonchev–Trinajstić information content (AvgIpc) is 3.24. The first kappa shape index (κ1) is 20.7. The molecule has 1 amide bonds. The van der Waals surface area contributed by atoms with Crippen molar-refractivity contribution < 1.29 is 4.79 Å². The highest BCUT2D eigenvalue weighted by atomic mass is 32.1. The molecule has 8 heteroatoms. The average molecular weight is 435 g/mol. The zero-order chi connectivity index (χ0) is 22.1. The number of benzene rings is 2. The van der Waals surface area contributed by atoms with Crippen molar-refractivity contribution in [1.82, 2.24) is 14.1 Å². The SMILES string of the molecule is CCc1ccccc1-c1csc(NC(=O)Cc2cccc3c2c(=O)n(C)c(=O)n3C)n1. The second-order valence-electron chi connectivity index (χ2n) is 7.29. The van der Waals surface area contributed by atoms with Crippen molar-refractivity contribution in [2.45, 2.75) is 19.8 Å². The predicted molar refractivity (Wildman–Crippen MR) is 124 cm³/mol. The number of hydrogen-bond donors (Lipinski definition) is 1. The van der Waals surface area contributed by atoms with Gasteiger partial charge < -0.3 is 5.32 Å². The van der Waals surface area contributed by atoms with Gasteiger partial charge in [-0.3, -0.25) is 18.7 Å². The summed E-state index contributed by atoms with van der Waals surface area (Å²) in [7, 11) is 3.05. The molecule has 0 saturated heterocycles. The van der Waals surface area contributed by atoms with Crippen molar-refractivity contribution in [3.63, 3.8) is 0 Å². The molecule has 4 rings (SSSR count). The summed E-state index contributed by atoms with van der Waals surface area (Å²) in [5.74, 6) is -0.270. The summed E-state index contributed by atoms with van der Waals surface area (Å²) in [4.78, 5) is 42.2. The zero-order valence-corrected chi connectivity index (χ0v) is 18.3. The van der Waals surface area contributed by atoms with Gasteiger partial charge >= 0.3 is 5.69 Å². The van der Waals surface area contributed by atoms with E-state index in [-0.39, 0.29) is 12.3 Å². The summed E-state index contributed by atoms with van der Waals surface area (Å²) in [5, 5.41) is 5.64. The van der Waals surface area contributed by atoms with Gasteiger partial charge in [0, 0.05) is 25.0 Å². The molecule has 7 nitrogen and oxygen atoms in total. The summed E-state index contributed by atoms with van der Waals surface area (Å²) in [6, 6.07) is 13.3. The van der Waals surface area contributed by atoms with Gasteiger partial charge in [-0.1, -0.05) is 43.3 Å². The smallest absolute Gasteiger partial charge is 0.302 e. The molecular formula is C23H22N4O3S. The number of rotatable bonds is 5. The van der Waals surface area contributed by atoms with E-state index in [1.165, 1.54) is 28.5 Å². The number of anilines is 1. The van der Waals surface area contributed by atoms with Crippen LogP contribution in [0, 0.1) is 0 Å². The Balaban J connectivity index is 1.61. The van der Waals surface area contributed by atoms with E-state index in [1.54, 1.807) is 25.2 Å². The molecule has 0 unspecified atom stereocenters. The van der Waals surface area contributed by atoms with Gasteiger partial charge in [-0.2, -0.15) is 0 Å². The lowest BCUT2D eigenvalue weighted by Crippen LogP contribution is -2.37. The third-order valence-corrected chi connectivity index (χ3v) is 6.12. The van der Waals surface area contributed by atoms with Crippen LogP contribution in [0.2, 0.25) is 0 Å². The van der Waals surface area contributed by atoms with Crippen LogP contribution in [0.5, 0.6) is 0 Å². The highest BCUT2D eigenvalue weighted by molar-refractivity contribution is 7.14. The number of nitrogens with zero attached hydrogens (tertiary/aromatic N) is 3. The van der Waals surface area contributed by atoms with Gasteiger partial charge in [0.25, 0.3) is 5.56 Å². The minimum Gasteiger partial charge on any atom is -0.302 e. The van der Waals surface area contributed by atoms with Gasteiger partial charge in [0.2, 0.25) is 5.91 Å². The number of aryl methyl sites for hydroxylation is 2. The van der Waals surface area contributed by atoms with Crippen molar-refractivity contribution in [2.75, 3.05) is 5.32 Å². The number of carbonyl (C=O) groups excluding carboxylic acids is 1. The number of carbonyl (C=O) groups is 1. The maximum atomic E-state index is 12.7. The predicted octanol–water partition coefficient (Wildman–Crippen LogP) is 3.10. The van der Waals surface area contributed by atoms with Crippen LogP contribution in [0.3, 0.4) is 0 Å². The van der Waals surface area contributed by atoms with Crippen molar-refractivity contribution in [3.05, 3.63) is 79.8 Å². The van der Waals surface area contributed by atoms with Crippen LogP contribution in [0.15, 0.2) is 57.4 Å². The maximum Gasteiger partial charge on any atom is 0.330 e. The van der Waals surface area contributed by atoms with E-state index in [9.17, 15) is 14.4 Å². The second kappa shape index (κ2) is 8.31. The van der Waals surface area contributed by atoms with Crippen molar-refractivity contribution in [2.24, 2.45) is 14.1 Å². The molecule has 1 N–H and O–H groups in total. The van der Waals surface area contributed by atoms with E-state index >= 15 is 0 Å². The summed E-state index contributed by atoms with van der Waals surface area (Å²) in [5.41, 5.74) is 3.34. The molecule has 0 fully saturated rings. The number of aromatic nitrogens is 3. The Hall–Kier alpha value is -3.52. The van der Waals surface area contributed by atoms with Crippen LogP contribution in [-0.2, 0) is 31.7 Å². The molecule has 2 heterocycles. The standard InChI is InChI=1S/C23H22N4O3S/c1-4-14-8-5-6-10-16(14)17-13-31-22(24-17)25-19(28)12-15-9-7-11-18-20(15)21(29)27(3)23(30)26(18)2/h5-11,13H,4,12H2,1-3H3,(H,24,25,28). The number of hydrogen-bond acceptors (Lipinski definition) is 5. The van der Waals surface area contributed by atoms with Crippen LogP contribution in [0.25, 0.3) is 22.2 Å². The maximum absolute atomic E-state index is 12.7. The van der Waals surface area contributed by atoms with E-state index in [0.29, 0.717) is 21.6 Å². The van der Waals surface area contributed by atoms with E-state index in [2.05, 4.69) is 23.3 Å². The molecule has 0 aliphatic heterocycles. The number of amides is 1. The van der Waals surface area contributed by atoms with Crippen LogP contribution in [-0.4, -0.2) is 20.0 Å². The van der Waals surface area contributed by atoms with Gasteiger partial charge in [-0.05, 0) is 23.6 Å². The Morgan fingerprint density at radius 3 is 2.55 bits per heavy atom. The Morgan fingerprint density at radius 2 is 1.77 bits per heavy atom. The van der Waals surface area contributed by atoms with Gasteiger partial charge in [-0.25, -0.2) is 9.78 Å². The minimum absolute atomic E-state index is 0.00520. The van der Waals surface area contributed by atoms with Gasteiger partial charge in [0.15, 0.2) is 5.13 Å². The fourth-order valence-corrected chi connectivity index (χ4v) is 4.44. The van der Waals surface area contributed by atoms with E-state index < -0.39 is 11.2 Å². The van der Waals surface area contributed by atoms with E-state index in [1.807, 2.05) is 23.6 Å². The van der Waals surface area contributed by atoms with Crippen molar-refractivity contribution in [3.8, 4) is 11.3 Å². The lowest BCUT2D eigenvalue weighted by Gasteiger charge is -2.11. The summed E-state index contributed by atoms with van der Waals surface area (Å²) in [6.07, 6.45) is 0.902. The highest BCUT2D eigenvalue weighted by Crippen LogP contribution is 2.28. The topological polar surface area (TPSA) is 86.0 Å². The fraction of sp³-hybridized carbons (Fsp3) is 0.217. The molecule has 4 aromatic rings. The Bertz CT molecular complexity index is 1410. The molecule has 0 bridgehead atoms. The monoisotopic (exact) mass is 434 g/mol. The minimum atomic E-state index is -0.408. The molecule has 0 spiro atoms. The number of fused-ring (bicyclic) bond motifs is 1. The van der Waals surface area contributed by atoms with Crippen molar-refractivity contribution in [1.29, 1.82) is 0 Å². The largest absolute Gasteiger partial charge is 0.330 e. The Kier molecular flexibility index (Phi) is 5.56. The molecule has 0 atom stereocenters. The molecule has 0 radical (unpaired) electrons. The zero-order valence-electron chi connectivity index (χ0n) is 17.5. The van der Waals surface area contributed by atoms with Crippen LogP contribution < -0.4 is 16.6 Å². The summed E-state index contributed by atoms with van der Waals surface area (Å²) < 4.78 is 2.47. The molecule has 31 heavy (non-hydrogen) atoms. The first-order chi connectivity index (χ1) is 14.9. The summed E-state index contributed by atoms with van der Waals surface area (Å²) in [6.45, 7) is 2.10. The molecule has 2 aromatic heterocycles. The van der Waals surface area contributed by atoms with Gasteiger partial charge in [0.1, 0.15) is 0 Å². The first-order valence-corrected chi connectivity index (χ1v) is 10.8. The normalized spacial score (nSPS) is 11.1. The molecule has 2 aromatic carbocycles. The molecule has 158 valence electrons. The Labute approximate surface area is 182 Å². The summed E-state index contributed by atoms with van der Waals surface area (Å²) >= 11 is 1.36. The van der Waals surface area contributed by atoms with E-state index in [4.69, 9.17) is 0 Å². The Morgan fingerprint density at radius 1 is 1.03 bits per heavy atom. The molecule has 0 saturated carbocycles. The molecule has 0 aliphatic carbocycles. The number of thiazole rings is 1. The van der Waals surface area contributed by atoms with Crippen LogP contribution in [0.4, 0.5) is 5.13 Å². The quantitative estimate of drug-likeness (QED) is 0.523. The lowest BCUT2D eigenvalue weighted by molar-refractivity contribution is -0.115. The van der Waals surface area contributed by atoms with Crippen molar-refractivity contribution >= 4 is 33.3 Å². The number of nitrogens with one attached hydrogen (secondary N) is 1. The third-order valence-electron chi connectivity index (χ3n) is 5.36. The van der Waals surface area contributed by atoms with E-state index in [0.717, 1.165) is 22.2 Å². The first-order valence-electron chi connectivity index (χ1n) is 9.92. The third kappa shape index (κ3) is 3.82. The van der Waals surface area contributed by atoms with Gasteiger partial charge in [0.05, 0.1) is 23.0 Å². The van der Waals surface area contributed by atoms with Gasteiger partial charge in [-0.15, -0.1) is 11.3 Å². The molecule has 0 aliphatic rings. The van der Waals surface area contributed by atoms with Crippen LogP contribution in [0.1, 0.15) is 18.1 Å². The fourth-order valence-electron chi connectivity index (χ4n) is 3.71. The lowest BCUT2D eigenvalue weighted by atomic mass is 10.0. The molecular weight excluding hydrogens is 412 g/mol. The van der Waals surface area contributed by atoms with Crippen LogP contribution >= 0.6 is 11.3 Å².